The fourth-order valence-electron chi connectivity index (χ4n) is 2.41. The summed E-state index contributed by atoms with van der Waals surface area (Å²) in [4.78, 5) is 25.6. The number of benzene rings is 1. The van der Waals surface area contributed by atoms with Gasteiger partial charge in [0.25, 0.3) is 5.24 Å². The van der Waals surface area contributed by atoms with E-state index in [-0.39, 0.29) is 16.0 Å². The molecule has 1 saturated heterocycles. The number of ether oxygens (including phenoxy) is 2. The van der Waals surface area contributed by atoms with Gasteiger partial charge in [0.15, 0.2) is 0 Å². The summed E-state index contributed by atoms with van der Waals surface area (Å²) < 4.78 is 9.80. The summed E-state index contributed by atoms with van der Waals surface area (Å²) in [6.07, 6.45) is 0. The van der Waals surface area contributed by atoms with Crippen LogP contribution in [0, 0.1) is 0 Å². The van der Waals surface area contributed by atoms with Gasteiger partial charge in [-0.3, -0.25) is 4.79 Å². The predicted octanol–water partition coefficient (Wildman–Crippen LogP) is 3.42. The summed E-state index contributed by atoms with van der Waals surface area (Å²) in [6.45, 7) is 4.69. The zero-order chi connectivity index (χ0) is 17.7. The minimum absolute atomic E-state index is 0.0523. The summed E-state index contributed by atoms with van der Waals surface area (Å²) in [7, 11) is 3.01. The summed E-state index contributed by atoms with van der Waals surface area (Å²) in [5, 5.41) is -0.0523. The van der Waals surface area contributed by atoms with E-state index in [4.69, 9.17) is 9.47 Å². The molecule has 0 aromatic heterocycles. The number of amides is 1. The highest BCUT2D eigenvalue weighted by molar-refractivity contribution is 8.14. The van der Waals surface area contributed by atoms with Crippen molar-refractivity contribution in [3.05, 3.63) is 29.8 Å². The molecule has 1 fully saturated rings. The molecule has 1 heterocycles. The second-order valence-electron chi connectivity index (χ2n) is 6.14. The number of methoxy groups -OCH3 is 2. The first kappa shape index (κ1) is 19.0. The van der Waals surface area contributed by atoms with Crippen LogP contribution in [0.3, 0.4) is 0 Å². The number of rotatable bonds is 7. The number of thioether (sulfide) groups is 2. The molecule has 7 heteroatoms. The second-order valence-corrected chi connectivity index (χ2v) is 8.79. The van der Waals surface area contributed by atoms with Crippen LogP contribution >= 0.6 is 23.5 Å². The van der Waals surface area contributed by atoms with Crippen molar-refractivity contribution < 1.29 is 19.1 Å². The van der Waals surface area contributed by atoms with Crippen molar-refractivity contribution >= 4 is 34.7 Å². The van der Waals surface area contributed by atoms with Crippen LogP contribution < -0.4 is 4.74 Å². The largest absolute Gasteiger partial charge is 0.497 e. The molecule has 1 aliphatic rings. The van der Waals surface area contributed by atoms with Crippen molar-refractivity contribution in [3.8, 4) is 5.75 Å². The predicted molar refractivity (Wildman–Crippen MR) is 98.7 cm³/mol. The Hall–Kier alpha value is -1.34. The Morgan fingerprint density at radius 3 is 2.58 bits per heavy atom. The Balaban J connectivity index is 1.96. The molecule has 1 atom stereocenters. The standard InChI is InChI=1S/C17H23NO4S2/c1-17(2,24-9-12-5-7-13(21-3)8-6-12)11-18-14(15(19)22-4)10-23-16(18)20/h5-8,14H,9-11H2,1-4H3/t14-/m0/s1. The van der Waals surface area contributed by atoms with Crippen molar-refractivity contribution in [1.82, 2.24) is 4.90 Å². The van der Waals surface area contributed by atoms with E-state index in [1.807, 2.05) is 24.3 Å². The first-order valence-electron chi connectivity index (χ1n) is 7.64. The molecular weight excluding hydrogens is 346 g/mol. The van der Waals surface area contributed by atoms with E-state index in [0.29, 0.717) is 12.3 Å². The third-order valence-electron chi connectivity index (χ3n) is 3.79. The van der Waals surface area contributed by atoms with Crippen LogP contribution in [0.15, 0.2) is 24.3 Å². The van der Waals surface area contributed by atoms with E-state index in [2.05, 4.69) is 13.8 Å². The van der Waals surface area contributed by atoms with Crippen molar-refractivity contribution in [1.29, 1.82) is 0 Å². The molecule has 5 nitrogen and oxygen atoms in total. The summed E-state index contributed by atoms with van der Waals surface area (Å²) >= 11 is 2.94. The summed E-state index contributed by atoms with van der Waals surface area (Å²) in [6, 6.07) is 7.48. The zero-order valence-corrected chi connectivity index (χ0v) is 16.0. The van der Waals surface area contributed by atoms with E-state index in [0.717, 1.165) is 11.5 Å². The van der Waals surface area contributed by atoms with E-state index < -0.39 is 6.04 Å². The first-order chi connectivity index (χ1) is 11.4. The van der Waals surface area contributed by atoms with Gasteiger partial charge in [0.2, 0.25) is 0 Å². The Bertz CT molecular complexity index is 589. The van der Waals surface area contributed by atoms with Gasteiger partial charge in [0, 0.05) is 22.8 Å². The molecule has 1 aliphatic heterocycles. The van der Waals surface area contributed by atoms with E-state index in [9.17, 15) is 9.59 Å². The Morgan fingerprint density at radius 2 is 2.00 bits per heavy atom. The fourth-order valence-corrected chi connectivity index (χ4v) is 4.37. The third kappa shape index (κ3) is 4.83. The number of carbonyl (C=O) groups excluding carboxylic acids is 2. The van der Waals surface area contributed by atoms with Crippen LogP contribution in [-0.2, 0) is 15.3 Å². The van der Waals surface area contributed by atoms with Crippen molar-refractivity contribution in [2.45, 2.75) is 30.4 Å². The number of nitrogens with zero attached hydrogens (tertiary/aromatic N) is 1. The van der Waals surface area contributed by atoms with Gasteiger partial charge in [-0.05, 0) is 31.5 Å². The molecule has 0 saturated carbocycles. The molecular formula is C17H23NO4S2. The normalized spacial score (nSPS) is 17.9. The van der Waals surface area contributed by atoms with Gasteiger partial charge in [-0.1, -0.05) is 23.9 Å². The molecule has 0 N–H and O–H groups in total. The number of hydrogen-bond acceptors (Lipinski definition) is 6. The summed E-state index contributed by atoms with van der Waals surface area (Å²) in [5.41, 5.74) is 1.19. The molecule has 1 amide bonds. The average molecular weight is 370 g/mol. The maximum atomic E-state index is 12.1. The molecule has 0 unspecified atom stereocenters. The SMILES string of the molecule is COC(=O)[C@@H]1CSC(=O)N1CC(C)(C)SCc1ccc(OC)cc1. The maximum absolute atomic E-state index is 12.1. The highest BCUT2D eigenvalue weighted by Crippen LogP contribution is 2.33. The fraction of sp³-hybridized carbons (Fsp3) is 0.529. The van der Waals surface area contributed by atoms with Gasteiger partial charge in [0.05, 0.1) is 14.2 Å². The molecule has 1 aromatic rings. The lowest BCUT2D eigenvalue weighted by Gasteiger charge is -2.32. The lowest BCUT2D eigenvalue weighted by atomic mass is 10.1. The van der Waals surface area contributed by atoms with Crippen LogP contribution in [0.5, 0.6) is 5.75 Å². The molecule has 1 aromatic carbocycles. The number of carbonyl (C=O) groups is 2. The topological polar surface area (TPSA) is 55.8 Å². The minimum Gasteiger partial charge on any atom is -0.497 e. The van der Waals surface area contributed by atoms with Crippen LogP contribution in [0.2, 0.25) is 0 Å². The van der Waals surface area contributed by atoms with E-state index in [1.54, 1.807) is 23.8 Å². The molecule has 2 rings (SSSR count). The van der Waals surface area contributed by atoms with Crippen LogP contribution in [-0.4, -0.2) is 53.4 Å². The second kappa shape index (κ2) is 8.16. The summed E-state index contributed by atoms with van der Waals surface area (Å²) in [5.74, 6) is 1.78. The molecule has 132 valence electrons. The third-order valence-corrected chi connectivity index (χ3v) is 6.14. The minimum atomic E-state index is -0.478. The highest BCUT2D eigenvalue weighted by Gasteiger charge is 2.40. The smallest absolute Gasteiger partial charge is 0.329 e. The highest BCUT2D eigenvalue weighted by atomic mass is 32.2. The van der Waals surface area contributed by atoms with Gasteiger partial charge in [-0.25, -0.2) is 4.79 Å². The zero-order valence-electron chi connectivity index (χ0n) is 14.4. The molecule has 0 radical (unpaired) electrons. The Labute approximate surface area is 151 Å². The Kier molecular flexibility index (Phi) is 6.46. The molecule has 0 aliphatic carbocycles. The maximum Gasteiger partial charge on any atom is 0.329 e. The average Bonchev–Trinajstić information content (AvgIpc) is 2.93. The van der Waals surface area contributed by atoms with Crippen molar-refractivity contribution in [2.75, 3.05) is 26.5 Å². The van der Waals surface area contributed by atoms with Crippen molar-refractivity contribution in [3.63, 3.8) is 0 Å². The molecule has 24 heavy (non-hydrogen) atoms. The van der Waals surface area contributed by atoms with E-state index in [1.165, 1.54) is 24.4 Å². The number of hydrogen-bond donors (Lipinski definition) is 0. The van der Waals surface area contributed by atoms with Crippen LogP contribution in [0.25, 0.3) is 0 Å². The number of esters is 1. The van der Waals surface area contributed by atoms with Crippen LogP contribution in [0.1, 0.15) is 19.4 Å². The van der Waals surface area contributed by atoms with Gasteiger partial charge in [0.1, 0.15) is 11.8 Å². The first-order valence-corrected chi connectivity index (χ1v) is 9.61. The van der Waals surface area contributed by atoms with Gasteiger partial charge >= 0.3 is 5.97 Å². The van der Waals surface area contributed by atoms with Gasteiger partial charge in [-0.15, -0.1) is 11.8 Å². The van der Waals surface area contributed by atoms with Gasteiger partial charge < -0.3 is 14.4 Å². The van der Waals surface area contributed by atoms with Crippen LogP contribution in [0.4, 0.5) is 4.79 Å². The van der Waals surface area contributed by atoms with E-state index >= 15 is 0 Å². The quantitative estimate of drug-likeness (QED) is 0.687. The lowest BCUT2D eigenvalue weighted by molar-refractivity contribution is -0.144. The Morgan fingerprint density at radius 1 is 1.33 bits per heavy atom. The molecule has 0 spiro atoms. The van der Waals surface area contributed by atoms with Crippen molar-refractivity contribution in [2.24, 2.45) is 0 Å². The lowest BCUT2D eigenvalue weighted by Crippen LogP contribution is -2.46. The van der Waals surface area contributed by atoms with Gasteiger partial charge in [-0.2, -0.15) is 0 Å². The monoisotopic (exact) mass is 369 g/mol. The molecule has 0 bridgehead atoms.